The van der Waals surface area contributed by atoms with Crippen LogP contribution >= 0.6 is 31.9 Å². The number of phenolic OH excluding ortho intramolecular Hbond substituents is 1. The van der Waals surface area contributed by atoms with E-state index in [1.54, 1.807) is 12.1 Å². The minimum Gasteiger partial charge on any atom is -0.506 e. The average Bonchev–Trinajstić information content (AvgIpc) is 2.38. The van der Waals surface area contributed by atoms with Gasteiger partial charge in [-0.1, -0.05) is 0 Å². The van der Waals surface area contributed by atoms with Crippen molar-refractivity contribution < 1.29 is 13.9 Å². The van der Waals surface area contributed by atoms with Crippen LogP contribution in [0.25, 0.3) is 0 Å². The SMILES string of the molecule is Oc1c(Br)cc(C=NNc2ccc(F)cc2F)cc1Br. The van der Waals surface area contributed by atoms with Gasteiger partial charge in [0.1, 0.15) is 11.6 Å². The maximum absolute atomic E-state index is 13.3. The predicted molar refractivity (Wildman–Crippen MR) is 81.1 cm³/mol. The van der Waals surface area contributed by atoms with Gasteiger partial charge in [-0.2, -0.15) is 5.10 Å². The summed E-state index contributed by atoms with van der Waals surface area (Å²) in [5, 5.41) is 13.4. The van der Waals surface area contributed by atoms with Crippen molar-refractivity contribution in [1.82, 2.24) is 0 Å². The van der Waals surface area contributed by atoms with Crippen LogP contribution in [-0.4, -0.2) is 11.3 Å². The fraction of sp³-hybridized carbons (Fsp3) is 0. The number of benzene rings is 2. The van der Waals surface area contributed by atoms with Crippen LogP contribution in [0, 0.1) is 11.6 Å². The van der Waals surface area contributed by atoms with Crippen LogP contribution in [0.1, 0.15) is 5.56 Å². The Morgan fingerprint density at radius 3 is 2.35 bits per heavy atom. The Balaban J connectivity index is 2.14. The highest BCUT2D eigenvalue weighted by Crippen LogP contribution is 2.32. The van der Waals surface area contributed by atoms with E-state index in [0.29, 0.717) is 14.5 Å². The lowest BCUT2D eigenvalue weighted by Crippen LogP contribution is -1.94. The molecule has 0 aromatic heterocycles. The maximum atomic E-state index is 13.3. The van der Waals surface area contributed by atoms with Gasteiger partial charge in [0.15, 0.2) is 5.82 Å². The summed E-state index contributed by atoms with van der Waals surface area (Å²) in [6.07, 6.45) is 1.44. The number of hydrogen-bond acceptors (Lipinski definition) is 3. The van der Waals surface area contributed by atoms with Crippen LogP contribution in [0.2, 0.25) is 0 Å². The number of nitrogens with zero attached hydrogens (tertiary/aromatic N) is 1. The summed E-state index contributed by atoms with van der Waals surface area (Å²) >= 11 is 6.38. The molecule has 0 fully saturated rings. The van der Waals surface area contributed by atoms with Crippen molar-refractivity contribution in [3.8, 4) is 5.75 Å². The summed E-state index contributed by atoms with van der Waals surface area (Å²) in [6, 6.07) is 6.45. The molecular weight excluding hydrogens is 398 g/mol. The topological polar surface area (TPSA) is 44.6 Å². The largest absolute Gasteiger partial charge is 0.506 e. The highest BCUT2D eigenvalue weighted by Gasteiger charge is 2.05. The van der Waals surface area contributed by atoms with Crippen molar-refractivity contribution in [3.63, 3.8) is 0 Å². The third-order valence-corrected chi connectivity index (χ3v) is 3.58. The van der Waals surface area contributed by atoms with Gasteiger partial charge in [-0.3, -0.25) is 5.43 Å². The Morgan fingerprint density at radius 1 is 1.10 bits per heavy atom. The number of hydrogen-bond donors (Lipinski definition) is 2. The molecule has 0 aliphatic heterocycles. The van der Waals surface area contributed by atoms with E-state index in [-0.39, 0.29) is 11.4 Å². The second-order valence-electron chi connectivity index (χ2n) is 3.83. The Kier molecular flexibility index (Phi) is 4.72. The first kappa shape index (κ1) is 14.9. The van der Waals surface area contributed by atoms with E-state index in [4.69, 9.17) is 0 Å². The van der Waals surface area contributed by atoms with Crippen LogP contribution in [0.5, 0.6) is 5.75 Å². The molecule has 0 radical (unpaired) electrons. The highest BCUT2D eigenvalue weighted by molar-refractivity contribution is 9.11. The first-order valence-electron chi connectivity index (χ1n) is 5.39. The highest BCUT2D eigenvalue weighted by atomic mass is 79.9. The van der Waals surface area contributed by atoms with E-state index in [2.05, 4.69) is 42.4 Å². The first-order valence-corrected chi connectivity index (χ1v) is 6.98. The van der Waals surface area contributed by atoms with Gasteiger partial charge in [0.25, 0.3) is 0 Å². The van der Waals surface area contributed by atoms with E-state index in [0.717, 1.165) is 12.1 Å². The maximum Gasteiger partial charge on any atom is 0.151 e. The van der Waals surface area contributed by atoms with E-state index in [1.165, 1.54) is 12.3 Å². The number of phenols is 1. The minimum atomic E-state index is -0.727. The summed E-state index contributed by atoms with van der Waals surface area (Å²) < 4.78 is 27.1. The number of aromatic hydroxyl groups is 1. The molecule has 0 spiro atoms. The molecule has 7 heteroatoms. The van der Waals surface area contributed by atoms with Crippen molar-refractivity contribution in [2.45, 2.75) is 0 Å². The molecular formula is C13H8Br2F2N2O. The lowest BCUT2D eigenvalue weighted by atomic mass is 10.2. The molecule has 104 valence electrons. The van der Waals surface area contributed by atoms with Crippen LogP contribution in [0.4, 0.5) is 14.5 Å². The lowest BCUT2D eigenvalue weighted by molar-refractivity contribution is 0.468. The summed E-state index contributed by atoms with van der Waals surface area (Å²) in [7, 11) is 0. The summed E-state index contributed by atoms with van der Waals surface area (Å²) in [4.78, 5) is 0. The molecule has 0 unspecified atom stereocenters. The molecule has 0 heterocycles. The number of hydrazone groups is 1. The zero-order valence-corrected chi connectivity index (χ0v) is 13.0. The minimum absolute atomic E-state index is 0.0690. The van der Waals surface area contributed by atoms with Crippen molar-refractivity contribution in [3.05, 3.63) is 56.5 Å². The van der Waals surface area contributed by atoms with Gasteiger partial charge in [-0.05, 0) is 61.7 Å². The molecule has 2 aromatic rings. The van der Waals surface area contributed by atoms with Crippen molar-refractivity contribution in [2.24, 2.45) is 5.10 Å². The lowest BCUT2D eigenvalue weighted by Gasteiger charge is -2.03. The van der Waals surface area contributed by atoms with Crippen LogP contribution < -0.4 is 5.43 Å². The summed E-state index contributed by atoms with van der Waals surface area (Å²) in [6.45, 7) is 0. The Labute approximate surface area is 130 Å². The van der Waals surface area contributed by atoms with Crippen LogP contribution in [0.15, 0.2) is 44.4 Å². The third kappa shape index (κ3) is 3.55. The van der Waals surface area contributed by atoms with Gasteiger partial charge in [0.05, 0.1) is 20.8 Å². The van der Waals surface area contributed by atoms with E-state index in [1.807, 2.05) is 0 Å². The molecule has 2 N–H and O–H groups in total. The zero-order valence-electron chi connectivity index (χ0n) is 9.87. The smallest absolute Gasteiger partial charge is 0.151 e. The number of anilines is 1. The number of rotatable bonds is 3. The third-order valence-electron chi connectivity index (χ3n) is 2.37. The van der Waals surface area contributed by atoms with Gasteiger partial charge in [0, 0.05) is 6.07 Å². The molecule has 0 atom stereocenters. The molecule has 0 amide bonds. The van der Waals surface area contributed by atoms with E-state index < -0.39 is 11.6 Å². The molecule has 0 bridgehead atoms. The van der Waals surface area contributed by atoms with Crippen molar-refractivity contribution in [2.75, 3.05) is 5.43 Å². The number of nitrogens with one attached hydrogen (secondary N) is 1. The van der Waals surface area contributed by atoms with E-state index >= 15 is 0 Å². The quantitative estimate of drug-likeness (QED) is 0.577. The van der Waals surface area contributed by atoms with Gasteiger partial charge in [0.2, 0.25) is 0 Å². The Bertz CT molecular complexity index is 654. The van der Waals surface area contributed by atoms with Crippen LogP contribution in [0.3, 0.4) is 0 Å². The second kappa shape index (κ2) is 6.32. The Morgan fingerprint density at radius 2 is 1.75 bits per heavy atom. The van der Waals surface area contributed by atoms with Gasteiger partial charge < -0.3 is 5.11 Å². The fourth-order valence-corrected chi connectivity index (χ4v) is 2.64. The predicted octanol–water partition coefficient (Wildman–Crippen LogP) is 4.64. The molecule has 0 saturated carbocycles. The first-order chi connectivity index (χ1) is 9.47. The Hall–Kier alpha value is -1.47. The molecule has 20 heavy (non-hydrogen) atoms. The van der Waals surface area contributed by atoms with Crippen molar-refractivity contribution >= 4 is 43.8 Å². The van der Waals surface area contributed by atoms with Crippen LogP contribution in [-0.2, 0) is 0 Å². The normalized spacial score (nSPS) is 11.0. The van der Waals surface area contributed by atoms with Gasteiger partial charge in [-0.15, -0.1) is 0 Å². The second-order valence-corrected chi connectivity index (χ2v) is 5.54. The van der Waals surface area contributed by atoms with Crippen molar-refractivity contribution in [1.29, 1.82) is 0 Å². The average molecular weight is 406 g/mol. The molecule has 0 saturated heterocycles. The zero-order chi connectivity index (χ0) is 14.7. The molecule has 0 aliphatic rings. The van der Waals surface area contributed by atoms with Gasteiger partial charge >= 0.3 is 0 Å². The molecule has 2 aromatic carbocycles. The van der Waals surface area contributed by atoms with Gasteiger partial charge in [-0.25, -0.2) is 8.78 Å². The molecule has 3 nitrogen and oxygen atoms in total. The molecule has 2 rings (SSSR count). The molecule has 0 aliphatic carbocycles. The monoisotopic (exact) mass is 404 g/mol. The number of halogens is 4. The summed E-state index contributed by atoms with van der Waals surface area (Å²) in [5.41, 5.74) is 3.22. The fourth-order valence-electron chi connectivity index (χ4n) is 1.42. The van der Waals surface area contributed by atoms with E-state index in [9.17, 15) is 13.9 Å². The standard InChI is InChI=1S/C13H8Br2F2N2O/c14-9-3-7(4-10(15)13(9)20)6-18-19-12-2-1-8(16)5-11(12)17/h1-6,19-20H. The summed E-state index contributed by atoms with van der Waals surface area (Å²) in [5.74, 6) is -1.29.